The van der Waals surface area contributed by atoms with Crippen molar-refractivity contribution in [3.8, 4) is 0 Å². The molecule has 1 saturated heterocycles. The fraction of sp³-hybridized carbons (Fsp3) is 0.460. The van der Waals surface area contributed by atoms with Crippen LogP contribution in [0.1, 0.15) is 93.4 Å². The summed E-state index contributed by atoms with van der Waals surface area (Å²) in [5.74, 6) is -7.25. The van der Waals surface area contributed by atoms with E-state index in [-0.39, 0.29) is 69.3 Å². The third-order valence-corrected chi connectivity index (χ3v) is 11.9. The number of unbranched alkanes of at least 4 members (excludes halogenated alkanes) is 4. The second-order valence-corrected chi connectivity index (χ2v) is 17.4. The summed E-state index contributed by atoms with van der Waals surface area (Å²) >= 11 is 0. The molecule has 22 heteroatoms. The van der Waals surface area contributed by atoms with Gasteiger partial charge in [0, 0.05) is 77.6 Å². The number of likely N-dealkylation sites (tertiary alicyclic amines) is 1. The van der Waals surface area contributed by atoms with Gasteiger partial charge in [-0.1, -0.05) is 86.0 Å². The number of hydrogen-bond acceptors (Lipinski definition) is 11. The number of amides is 8. The van der Waals surface area contributed by atoms with E-state index < -0.39 is 90.6 Å². The van der Waals surface area contributed by atoms with Crippen LogP contribution in [-0.2, 0) is 56.0 Å². The monoisotopic (exact) mass is 999 g/mol. The van der Waals surface area contributed by atoms with Crippen molar-refractivity contribution in [3.05, 3.63) is 102 Å². The zero-order valence-corrected chi connectivity index (χ0v) is 40.2. The Labute approximate surface area is 416 Å². The van der Waals surface area contributed by atoms with Crippen LogP contribution in [0.15, 0.2) is 85.2 Å². The number of carbonyl (C=O) groups excluding carboxylic acids is 7. The summed E-state index contributed by atoms with van der Waals surface area (Å²) in [6.45, 7) is 0.395. The maximum atomic E-state index is 14.0. The molecule has 388 valence electrons. The predicted octanol–water partition coefficient (Wildman–Crippen LogP) is 1.60. The molecule has 1 aliphatic heterocycles. The SMILES string of the molecule is CN1C(=O)C[C@H](C(=O)NCCNC(=O)C(Cc2ccccc2)NC(=O)C(Cc2ccccc2)NC(=O)CCCCCCCNC(=O)CCC(NC(=O)NC(CCC(=O)O)C(=O)O)C(=O)O)[C@H]1c1cccnc1. The smallest absolute Gasteiger partial charge is 0.326 e. The number of carbonyl (C=O) groups is 10. The number of nitrogens with zero attached hydrogens (tertiary/aromatic N) is 2. The van der Waals surface area contributed by atoms with Crippen LogP contribution in [0.5, 0.6) is 0 Å². The van der Waals surface area contributed by atoms with E-state index in [0.717, 1.165) is 23.1 Å². The summed E-state index contributed by atoms with van der Waals surface area (Å²) in [6.07, 6.45) is 5.40. The van der Waals surface area contributed by atoms with Crippen LogP contribution in [0.2, 0.25) is 0 Å². The molecule has 0 saturated carbocycles. The first-order chi connectivity index (χ1) is 34.5. The fourth-order valence-corrected chi connectivity index (χ4v) is 8.07. The van der Waals surface area contributed by atoms with Gasteiger partial charge in [-0.15, -0.1) is 0 Å². The first-order valence-corrected chi connectivity index (χ1v) is 23.9. The van der Waals surface area contributed by atoms with Gasteiger partial charge in [-0.2, -0.15) is 0 Å². The Morgan fingerprint density at radius 3 is 1.75 bits per heavy atom. The van der Waals surface area contributed by atoms with Gasteiger partial charge in [0.1, 0.15) is 24.2 Å². The van der Waals surface area contributed by atoms with Gasteiger partial charge < -0.3 is 57.4 Å². The molecule has 22 nitrogen and oxygen atoms in total. The molecule has 0 radical (unpaired) electrons. The van der Waals surface area contributed by atoms with Crippen molar-refractivity contribution >= 4 is 59.4 Å². The summed E-state index contributed by atoms with van der Waals surface area (Å²) in [4.78, 5) is 131. The van der Waals surface area contributed by atoms with E-state index in [9.17, 15) is 58.2 Å². The fourth-order valence-electron chi connectivity index (χ4n) is 8.07. The minimum atomic E-state index is -1.56. The summed E-state index contributed by atoms with van der Waals surface area (Å²) in [7, 11) is 1.65. The molecule has 1 aliphatic rings. The molecule has 1 fully saturated rings. The topological polar surface area (TPSA) is 332 Å². The lowest BCUT2D eigenvalue weighted by molar-refractivity contribution is -0.141. The van der Waals surface area contributed by atoms with E-state index in [1.54, 1.807) is 25.5 Å². The van der Waals surface area contributed by atoms with E-state index >= 15 is 0 Å². The number of aromatic nitrogens is 1. The molecule has 4 rings (SSSR count). The molecular formula is C50H65N9O13. The molecule has 10 N–H and O–H groups in total. The van der Waals surface area contributed by atoms with Crippen LogP contribution in [-0.4, -0.2) is 135 Å². The number of carboxylic acids is 3. The lowest BCUT2D eigenvalue weighted by Gasteiger charge is -2.25. The summed E-state index contributed by atoms with van der Waals surface area (Å²) in [6, 6.07) is 15.0. The van der Waals surface area contributed by atoms with Gasteiger partial charge in [0.15, 0.2) is 0 Å². The Balaban J connectivity index is 1.21. The number of nitrogens with one attached hydrogen (secondary N) is 7. The Bertz CT molecular complexity index is 2310. The van der Waals surface area contributed by atoms with Crippen molar-refractivity contribution in [1.82, 2.24) is 47.1 Å². The quantitative estimate of drug-likeness (QED) is 0.0410. The highest BCUT2D eigenvalue weighted by Gasteiger charge is 2.42. The van der Waals surface area contributed by atoms with Gasteiger partial charge in [0.25, 0.3) is 0 Å². The van der Waals surface area contributed by atoms with Crippen molar-refractivity contribution in [2.45, 2.75) is 114 Å². The highest BCUT2D eigenvalue weighted by Crippen LogP contribution is 2.36. The molecule has 0 aliphatic carbocycles. The van der Waals surface area contributed by atoms with Crippen LogP contribution in [0.25, 0.3) is 0 Å². The van der Waals surface area contributed by atoms with E-state index in [0.29, 0.717) is 32.2 Å². The number of benzene rings is 2. The number of pyridine rings is 1. The largest absolute Gasteiger partial charge is 0.481 e. The van der Waals surface area contributed by atoms with Gasteiger partial charge in [-0.25, -0.2) is 14.4 Å². The molecule has 3 aromatic rings. The number of urea groups is 1. The van der Waals surface area contributed by atoms with Crippen molar-refractivity contribution in [1.29, 1.82) is 0 Å². The van der Waals surface area contributed by atoms with Crippen LogP contribution >= 0.6 is 0 Å². The Hall–Kier alpha value is -7.91. The Morgan fingerprint density at radius 1 is 0.597 bits per heavy atom. The highest BCUT2D eigenvalue weighted by atomic mass is 16.4. The molecule has 8 amide bonds. The molecule has 0 spiro atoms. The van der Waals surface area contributed by atoms with Gasteiger partial charge in [-0.3, -0.25) is 38.5 Å². The van der Waals surface area contributed by atoms with Crippen LogP contribution in [0.3, 0.4) is 0 Å². The number of aliphatic carboxylic acids is 3. The normalized spacial score (nSPS) is 15.7. The zero-order chi connectivity index (χ0) is 52.4. The minimum absolute atomic E-state index is 0.0309. The lowest BCUT2D eigenvalue weighted by Crippen LogP contribution is -2.55. The molecule has 1 aromatic heterocycles. The Morgan fingerprint density at radius 2 is 1.17 bits per heavy atom. The average Bonchev–Trinajstić information content (AvgIpc) is 3.66. The van der Waals surface area contributed by atoms with Crippen molar-refractivity contribution in [2.75, 3.05) is 26.7 Å². The van der Waals surface area contributed by atoms with Gasteiger partial charge in [-0.05, 0) is 48.4 Å². The van der Waals surface area contributed by atoms with Gasteiger partial charge >= 0.3 is 23.9 Å². The third-order valence-electron chi connectivity index (χ3n) is 11.9. The molecule has 2 aromatic carbocycles. The minimum Gasteiger partial charge on any atom is -0.481 e. The second-order valence-electron chi connectivity index (χ2n) is 17.4. The lowest BCUT2D eigenvalue weighted by atomic mass is 9.94. The van der Waals surface area contributed by atoms with Crippen LogP contribution < -0.4 is 37.2 Å². The molecule has 6 atom stereocenters. The number of carboxylic acid groups (broad SMARTS) is 3. The maximum Gasteiger partial charge on any atom is 0.326 e. The molecule has 2 heterocycles. The van der Waals surface area contributed by atoms with Crippen molar-refractivity contribution < 1.29 is 63.3 Å². The number of hydrogen-bond donors (Lipinski definition) is 10. The second kappa shape index (κ2) is 30.0. The zero-order valence-electron chi connectivity index (χ0n) is 40.2. The Kier molecular flexibility index (Phi) is 23.6. The van der Waals surface area contributed by atoms with E-state index in [2.05, 4.69) is 36.9 Å². The number of rotatable bonds is 31. The highest BCUT2D eigenvalue weighted by molar-refractivity contribution is 5.93. The standard InChI is InChI=1S/C50H65N9O13/c1-59-42(62)30-35(44(59)34-18-13-24-51-31-34)45(65)53-26-27-54-46(66)38(28-32-14-7-5-8-15-32)56-47(67)39(29-33-16-9-6-10-17-33)55-41(61)19-11-3-2-4-12-25-52-40(60)22-20-36(48(68)69)57-50(72)58-37(49(70)71)21-23-43(63)64/h5-10,13-18,24,31,35-39,44H,2-4,11-12,19-23,25-30H2,1H3,(H,52,60)(H,53,65)(H,54,66)(H,55,61)(H,56,67)(H,63,64)(H,68,69)(H,70,71)(H2,57,58,72)/t35-,36?,37?,38?,39?,44+/m0/s1. The summed E-state index contributed by atoms with van der Waals surface area (Å²) in [5.41, 5.74) is 2.30. The molecule has 4 unspecified atom stereocenters. The predicted molar refractivity (Wildman–Crippen MR) is 259 cm³/mol. The van der Waals surface area contributed by atoms with E-state index in [1.165, 1.54) is 4.90 Å². The molecule has 0 bridgehead atoms. The maximum absolute atomic E-state index is 14.0. The third kappa shape index (κ3) is 19.8. The van der Waals surface area contributed by atoms with Gasteiger partial charge in [0.2, 0.25) is 35.4 Å². The van der Waals surface area contributed by atoms with Crippen LogP contribution in [0, 0.1) is 5.92 Å². The summed E-state index contributed by atoms with van der Waals surface area (Å²) in [5, 5.41) is 45.6. The van der Waals surface area contributed by atoms with E-state index in [4.69, 9.17) is 5.11 Å². The summed E-state index contributed by atoms with van der Waals surface area (Å²) < 4.78 is 0. The first kappa shape index (κ1) is 56.7. The average molecular weight is 1000 g/mol. The van der Waals surface area contributed by atoms with Gasteiger partial charge in [0.05, 0.1) is 12.0 Å². The van der Waals surface area contributed by atoms with Crippen molar-refractivity contribution in [2.24, 2.45) is 5.92 Å². The molecular weight excluding hydrogens is 935 g/mol. The van der Waals surface area contributed by atoms with Crippen LogP contribution in [0.4, 0.5) is 4.79 Å². The van der Waals surface area contributed by atoms with Crippen molar-refractivity contribution in [3.63, 3.8) is 0 Å². The first-order valence-electron chi connectivity index (χ1n) is 23.9. The van der Waals surface area contributed by atoms with E-state index in [1.807, 2.05) is 72.0 Å². The molecule has 72 heavy (non-hydrogen) atoms.